The second-order valence-electron chi connectivity index (χ2n) is 6.71. The molecule has 0 spiro atoms. The Hall–Kier alpha value is -2.04. The topological polar surface area (TPSA) is 51.1 Å². The van der Waals surface area contributed by atoms with Crippen LogP contribution in [0.2, 0.25) is 0 Å². The van der Waals surface area contributed by atoms with Crippen LogP contribution in [0, 0.1) is 5.92 Å². The minimum atomic E-state index is 0.0363. The number of rotatable bonds is 6. The van der Waals surface area contributed by atoms with Gasteiger partial charge in [-0.25, -0.2) is 0 Å². The molecule has 1 fully saturated rings. The first-order valence-electron chi connectivity index (χ1n) is 8.84. The maximum Gasteiger partial charge on any atom is 0.256 e. The van der Waals surface area contributed by atoms with Crippen molar-refractivity contribution >= 4 is 17.8 Å². The zero-order valence-corrected chi connectivity index (χ0v) is 14.7. The van der Waals surface area contributed by atoms with Gasteiger partial charge in [0.05, 0.1) is 31.0 Å². The molecule has 0 aromatic heterocycles. The quantitative estimate of drug-likeness (QED) is 0.796. The number of methoxy groups -OCH3 is 1. The fourth-order valence-electron chi connectivity index (χ4n) is 3.43. The fourth-order valence-corrected chi connectivity index (χ4v) is 3.43. The van der Waals surface area contributed by atoms with Gasteiger partial charge in [-0.05, 0) is 31.2 Å². The van der Waals surface area contributed by atoms with Crippen molar-refractivity contribution in [2.75, 3.05) is 20.3 Å². The third kappa shape index (κ3) is 3.25. The smallest absolute Gasteiger partial charge is 0.256 e. The molecule has 24 heavy (non-hydrogen) atoms. The lowest BCUT2D eigenvalue weighted by Crippen LogP contribution is -2.35. The van der Waals surface area contributed by atoms with Gasteiger partial charge in [-0.15, -0.1) is 0 Å². The zero-order valence-electron chi connectivity index (χ0n) is 14.7. The highest BCUT2D eigenvalue weighted by molar-refractivity contribution is 6.03. The van der Waals surface area contributed by atoms with E-state index in [9.17, 15) is 4.79 Å². The van der Waals surface area contributed by atoms with Gasteiger partial charge < -0.3 is 14.4 Å². The average molecular weight is 330 g/mol. The van der Waals surface area contributed by atoms with Gasteiger partial charge in [-0.1, -0.05) is 20.3 Å². The monoisotopic (exact) mass is 330 g/mol. The SMILES string of the molecule is CCCC(C)COc1cc2c(cc1OC)C(=O)N1CCCC1C=N2. The van der Waals surface area contributed by atoms with Crippen LogP contribution in [0.5, 0.6) is 11.5 Å². The van der Waals surface area contributed by atoms with Crippen molar-refractivity contribution in [3.63, 3.8) is 0 Å². The average Bonchev–Trinajstić information content (AvgIpc) is 3.01. The second-order valence-corrected chi connectivity index (χ2v) is 6.71. The predicted molar refractivity (Wildman–Crippen MR) is 94.8 cm³/mol. The van der Waals surface area contributed by atoms with E-state index in [1.807, 2.05) is 17.2 Å². The Kier molecular flexibility index (Phi) is 5.07. The molecule has 0 saturated carbocycles. The first-order chi connectivity index (χ1) is 11.6. The zero-order chi connectivity index (χ0) is 17.1. The summed E-state index contributed by atoms with van der Waals surface area (Å²) in [6.45, 7) is 5.78. The summed E-state index contributed by atoms with van der Waals surface area (Å²) >= 11 is 0. The molecule has 1 saturated heterocycles. The lowest BCUT2D eigenvalue weighted by atomic mass is 10.1. The number of benzene rings is 1. The van der Waals surface area contributed by atoms with Gasteiger partial charge in [0.15, 0.2) is 11.5 Å². The Balaban J connectivity index is 1.88. The molecule has 0 aliphatic carbocycles. The molecule has 2 atom stereocenters. The van der Waals surface area contributed by atoms with Crippen molar-refractivity contribution in [1.29, 1.82) is 0 Å². The molecule has 130 valence electrons. The normalized spacial score (nSPS) is 20.4. The number of carbonyl (C=O) groups excluding carboxylic acids is 1. The van der Waals surface area contributed by atoms with Crippen molar-refractivity contribution in [3.05, 3.63) is 17.7 Å². The summed E-state index contributed by atoms with van der Waals surface area (Å²) in [4.78, 5) is 19.3. The third-order valence-corrected chi connectivity index (χ3v) is 4.76. The maximum atomic E-state index is 12.8. The molecule has 5 nitrogen and oxygen atoms in total. The van der Waals surface area contributed by atoms with Crippen molar-refractivity contribution < 1.29 is 14.3 Å². The number of fused-ring (bicyclic) bond motifs is 2. The number of hydrogen-bond donors (Lipinski definition) is 0. The van der Waals surface area contributed by atoms with E-state index in [-0.39, 0.29) is 11.9 Å². The molecule has 1 amide bonds. The first kappa shape index (κ1) is 16.8. The van der Waals surface area contributed by atoms with E-state index < -0.39 is 0 Å². The van der Waals surface area contributed by atoms with Crippen molar-refractivity contribution in [2.45, 2.75) is 45.6 Å². The highest BCUT2D eigenvalue weighted by Gasteiger charge is 2.32. The lowest BCUT2D eigenvalue weighted by molar-refractivity contribution is 0.0774. The van der Waals surface area contributed by atoms with Gasteiger partial charge in [0, 0.05) is 18.8 Å². The van der Waals surface area contributed by atoms with Crippen LogP contribution in [0.4, 0.5) is 5.69 Å². The lowest BCUT2D eigenvalue weighted by Gasteiger charge is -2.20. The molecule has 5 heteroatoms. The maximum absolute atomic E-state index is 12.8. The fraction of sp³-hybridized carbons (Fsp3) is 0.579. The summed E-state index contributed by atoms with van der Waals surface area (Å²) in [6.07, 6.45) is 6.18. The van der Waals surface area contributed by atoms with E-state index in [1.165, 1.54) is 0 Å². The molecule has 1 aromatic carbocycles. The van der Waals surface area contributed by atoms with Gasteiger partial charge in [0.25, 0.3) is 5.91 Å². The van der Waals surface area contributed by atoms with Crippen molar-refractivity contribution in [1.82, 2.24) is 4.90 Å². The van der Waals surface area contributed by atoms with Crippen LogP contribution < -0.4 is 9.47 Å². The number of aliphatic imine (C=N–C) groups is 1. The van der Waals surface area contributed by atoms with Crippen LogP contribution in [0.25, 0.3) is 0 Å². The van der Waals surface area contributed by atoms with E-state index in [0.717, 1.165) is 32.2 Å². The van der Waals surface area contributed by atoms with Crippen molar-refractivity contribution in [3.8, 4) is 11.5 Å². The molecule has 2 unspecified atom stereocenters. The first-order valence-corrected chi connectivity index (χ1v) is 8.84. The van der Waals surface area contributed by atoms with Crippen LogP contribution in [0.3, 0.4) is 0 Å². The minimum absolute atomic E-state index is 0.0363. The summed E-state index contributed by atoms with van der Waals surface area (Å²) in [5, 5.41) is 0. The van der Waals surface area contributed by atoms with Gasteiger partial charge in [-0.3, -0.25) is 9.79 Å². The Bertz CT molecular complexity index is 642. The largest absolute Gasteiger partial charge is 0.493 e. The number of nitrogens with zero attached hydrogens (tertiary/aromatic N) is 2. The molecule has 2 aliphatic rings. The number of hydrogen-bond acceptors (Lipinski definition) is 4. The molecule has 2 heterocycles. The molecule has 0 N–H and O–H groups in total. The number of amides is 1. The summed E-state index contributed by atoms with van der Waals surface area (Å²) in [6, 6.07) is 3.73. The van der Waals surface area contributed by atoms with E-state index in [2.05, 4.69) is 18.8 Å². The van der Waals surface area contributed by atoms with Gasteiger partial charge in [-0.2, -0.15) is 0 Å². The Morgan fingerprint density at radius 3 is 2.96 bits per heavy atom. The molecule has 3 rings (SSSR count). The summed E-state index contributed by atoms with van der Waals surface area (Å²) < 4.78 is 11.4. The Morgan fingerprint density at radius 1 is 1.38 bits per heavy atom. The molecule has 0 radical (unpaired) electrons. The van der Waals surface area contributed by atoms with Gasteiger partial charge >= 0.3 is 0 Å². The van der Waals surface area contributed by atoms with Crippen LogP contribution in [-0.4, -0.2) is 43.3 Å². The van der Waals surface area contributed by atoms with E-state index in [4.69, 9.17) is 9.47 Å². The number of ether oxygens (including phenoxy) is 2. The van der Waals surface area contributed by atoms with Crippen LogP contribution in [-0.2, 0) is 0 Å². The summed E-state index contributed by atoms with van der Waals surface area (Å²) in [5.41, 5.74) is 1.27. The predicted octanol–water partition coefficient (Wildman–Crippen LogP) is 3.83. The molecule has 0 bridgehead atoms. The van der Waals surface area contributed by atoms with Crippen LogP contribution >= 0.6 is 0 Å². The highest BCUT2D eigenvalue weighted by Crippen LogP contribution is 2.38. The molecule has 2 aliphatic heterocycles. The minimum Gasteiger partial charge on any atom is -0.493 e. The molecular weight excluding hydrogens is 304 g/mol. The standard InChI is InChI=1S/C19H26N2O3/c1-4-6-13(2)12-24-18-10-16-15(9-17(18)23-3)19(22)21-8-5-7-14(21)11-20-16/h9-11,13-14H,4-8,12H2,1-3H3. The third-order valence-electron chi connectivity index (χ3n) is 4.76. The summed E-state index contributed by atoms with van der Waals surface area (Å²) in [5.74, 6) is 1.77. The Labute approximate surface area is 143 Å². The number of carbonyl (C=O) groups is 1. The Morgan fingerprint density at radius 2 is 2.21 bits per heavy atom. The van der Waals surface area contributed by atoms with E-state index >= 15 is 0 Å². The molecular formula is C19H26N2O3. The van der Waals surface area contributed by atoms with Crippen molar-refractivity contribution in [2.24, 2.45) is 10.9 Å². The van der Waals surface area contributed by atoms with Crippen LogP contribution in [0.15, 0.2) is 17.1 Å². The van der Waals surface area contributed by atoms with E-state index in [0.29, 0.717) is 35.3 Å². The van der Waals surface area contributed by atoms with Crippen LogP contribution in [0.1, 0.15) is 49.9 Å². The second kappa shape index (κ2) is 7.24. The van der Waals surface area contributed by atoms with Gasteiger partial charge in [0.2, 0.25) is 0 Å². The highest BCUT2D eigenvalue weighted by atomic mass is 16.5. The van der Waals surface area contributed by atoms with Gasteiger partial charge in [0.1, 0.15) is 0 Å². The molecule has 1 aromatic rings. The summed E-state index contributed by atoms with van der Waals surface area (Å²) in [7, 11) is 1.60. The van der Waals surface area contributed by atoms with E-state index in [1.54, 1.807) is 13.2 Å².